The van der Waals surface area contributed by atoms with Gasteiger partial charge in [-0.25, -0.2) is 9.48 Å². The Balaban J connectivity index is 1.76. The third-order valence-corrected chi connectivity index (χ3v) is 4.66. The van der Waals surface area contributed by atoms with Gasteiger partial charge in [0, 0.05) is 13.2 Å². The first-order valence-electron chi connectivity index (χ1n) is 8.55. The van der Waals surface area contributed by atoms with Crippen molar-refractivity contribution < 1.29 is 14.3 Å². The molecule has 0 aromatic carbocycles. The Bertz CT molecular complexity index is 1030. The van der Waals surface area contributed by atoms with Crippen LogP contribution in [-0.2, 0) is 18.5 Å². The van der Waals surface area contributed by atoms with Crippen molar-refractivity contribution in [2.45, 2.75) is 27.4 Å². The lowest BCUT2D eigenvalue weighted by Gasteiger charge is -2.07. The number of ether oxygens (including phenoxy) is 1. The van der Waals surface area contributed by atoms with E-state index >= 15 is 0 Å². The molecule has 1 N–H and O–H groups in total. The highest BCUT2D eigenvalue weighted by molar-refractivity contribution is 6.31. The lowest BCUT2D eigenvalue weighted by molar-refractivity contribution is 0.0527. The van der Waals surface area contributed by atoms with Crippen molar-refractivity contribution in [2.75, 3.05) is 11.9 Å². The molecule has 0 saturated heterocycles. The molecule has 11 heteroatoms. The predicted octanol–water partition coefficient (Wildman–Crippen LogP) is 2.02. The summed E-state index contributed by atoms with van der Waals surface area (Å²) in [5.41, 5.74) is 1.90. The molecule has 28 heavy (non-hydrogen) atoms. The number of carbonyl (C=O) groups is 2. The minimum Gasteiger partial charge on any atom is -0.462 e. The summed E-state index contributed by atoms with van der Waals surface area (Å²) in [6.45, 7) is 5.92. The lowest BCUT2D eigenvalue weighted by atomic mass is 10.3. The molecule has 3 aromatic rings. The van der Waals surface area contributed by atoms with E-state index in [1.165, 1.54) is 10.9 Å². The average molecular weight is 406 g/mol. The van der Waals surface area contributed by atoms with Crippen LogP contribution < -0.4 is 5.32 Å². The minimum atomic E-state index is -0.558. The number of anilines is 1. The predicted molar refractivity (Wildman–Crippen MR) is 101 cm³/mol. The number of esters is 1. The van der Waals surface area contributed by atoms with Crippen LogP contribution in [0.15, 0.2) is 18.5 Å². The first-order valence-corrected chi connectivity index (χ1v) is 8.93. The Morgan fingerprint density at radius 3 is 2.68 bits per heavy atom. The summed E-state index contributed by atoms with van der Waals surface area (Å²) in [6.07, 6.45) is 3.01. The molecule has 148 valence electrons. The van der Waals surface area contributed by atoms with Crippen molar-refractivity contribution in [1.82, 2.24) is 29.3 Å². The molecule has 10 nitrogen and oxygen atoms in total. The Morgan fingerprint density at radius 2 is 2.04 bits per heavy atom. The van der Waals surface area contributed by atoms with Gasteiger partial charge in [0.25, 0.3) is 5.91 Å². The quantitative estimate of drug-likeness (QED) is 0.628. The zero-order valence-corrected chi connectivity index (χ0v) is 16.7. The summed E-state index contributed by atoms with van der Waals surface area (Å²) < 4.78 is 9.64. The van der Waals surface area contributed by atoms with Crippen LogP contribution in [0.1, 0.15) is 39.2 Å². The second-order valence-electron chi connectivity index (χ2n) is 6.07. The molecule has 0 atom stereocenters. The number of hydrogen-bond acceptors (Lipinski definition) is 6. The summed E-state index contributed by atoms with van der Waals surface area (Å²) in [5, 5.41) is 15.9. The van der Waals surface area contributed by atoms with Gasteiger partial charge in [-0.1, -0.05) is 11.6 Å². The van der Waals surface area contributed by atoms with E-state index in [1.807, 2.05) is 13.8 Å². The van der Waals surface area contributed by atoms with Crippen LogP contribution in [0.5, 0.6) is 0 Å². The molecule has 3 rings (SSSR count). The zero-order valence-electron chi connectivity index (χ0n) is 15.9. The number of amides is 1. The van der Waals surface area contributed by atoms with Crippen molar-refractivity contribution >= 4 is 29.3 Å². The largest absolute Gasteiger partial charge is 0.462 e. The van der Waals surface area contributed by atoms with E-state index in [0.29, 0.717) is 11.7 Å². The van der Waals surface area contributed by atoms with Crippen molar-refractivity contribution in [3.8, 4) is 0 Å². The summed E-state index contributed by atoms with van der Waals surface area (Å²) in [6, 6.07) is 1.57. The molecule has 0 bridgehead atoms. The number of rotatable bonds is 6. The summed E-state index contributed by atoms with van der Waals surface area (Å²) >= 11 is 6.15. The Labute approximate surface area is 166 Å². The molecule has 3 aromatic heterocycles. The topological polar surface area (TPSA) is 109 Å². The van der Waals surface area contributed by atoms with E-state index in [2.05, 4.69) is 20.6 Å². The summed E-state index contributed by atoms with van der Waals surface area (Å²) in [7, 11) is 1.61. The van der Waals surface area contributed by atoms with E-state index < -0.39 is 11.9 Å². The molecule has 0 spiro atoms. The Kier molecular flexibility index (Phi) is 5.50. The summed E-state index contributed by atoms with van der Waals surface area (Å²) in [4.78, 5) is 24.6. The van der Waals surface area contributed by atoms with Crippen molar-refractivity contribution in [3.63, 3.8) is 0 Å². The highest BCUT2D eigenvalue weighted by atomic mass is 35.5. The number of carbonyl (C=O) groups excluding carboxylic acids is 2. The van der Waals surface area contributed by atoms with E-state index in [0.717, 1.165) is 11.4 Å². The average Bonchev–Trinajstić information content (AvgIpc) is 3.32. The highest BCUT2D eigenvalue weighted by Gasteiger charge is 2.21. The smallest absolute Gasteiger partial charge is 0.343 e. The molecule has 0 saturated carbocycles. The van der Waals surface area contributed by atoms with E-state index in [-0.39, 0.29) is 23.7 Å². The van der Waals surface area contributed by atoms with Crippen LogP contribution in [0.3, 0.4) is 0 Å². The number of nitrogens with one attached hydrogen (secondary N) is 1. The van der Waals surface area contributed by atoms with Gasteiger partial charge in [-0.15, -0.1) is 0 Å². The van der Waals surface area contributed by atoms with Crippen LogP contribution in [0.25, 0.3) is 0 Å². The fraction of sp³-hybridized carbons (Fsp3) is 0.353. The van der Waals surface area contributed by atoms with Crippen molar-refractivity contribution in [2.24, 2.45) is 7.05 Å². The van der Waals surface area contributed by atoms with E-state index in [1.54, 1.807) is 35.6 Å². The molecular formula is C17H20ClN7O3. The number of nitrogens with zero attached hydrogens (tertiary/aromatic N) is 6. The van der Waals surface area contributed by atoms with Crippen molar-refractivity contribution in [1.29, 1.82) is 0 Å². The standard InChI is InChI=1S/C17H20ClN7O3/c1-5-28-17(27)12-8-19-23(4)15(12)20-16(26)13-6-7-24(22-13)9-25-11(3)14(18)10(2)21-25/h6-8H,5,9H2,1-4H3,(H,20,26). The van der Waals surface area contributed by atoms with Gasteiger partial charge in [-0.05, 0) is 26.8 Å². The second kappa shape index (κ2) is 7.85. The van der Waals surface area contributed by atoms with Gasteiger partial charge in [-0.2, -0.15) is 15.3 Å². The first-order chi connectivity index (χ1) is 13.3. The van der Waals surface area contributed by atoms with Gasteiger partial charge in [0.1, 0.15) is 18.1 Å². The van der Waals surface area contributed by atoms with Gasteiger partial charge >= 0.3 is 5.97 Å². The Morgan fingerprint density at radius 1 is 1.29 bits per heavy atom. The van der Waals surface area contributed by atoms with Gasteiger partial charge in [-0.3, -0.25) is 14.2 Å². The maximum atomic E-state index is 12.6. The van der Waals surface area contributed by atoms with Gasteiger partial charge < -0.3 is 10.1 Å². The van der Waals surface area contributed by atoms with Gasteiger partial charge in [0.05, 0.1) is 29.2 Å². The van der Waals surface area contributed by atoms with Crippen LogP contribution in [0, 0.1) is 13.8 Å². The van der Waals surface area contributed by atoms with Crippen LogP contribution >= 0.6 is 11.6 Å². The fourth-order valence-corrected chi connectivity index (χ4v) is 2.76. The monoisotopic (exact) mass is 405 g/mol. The third-order valence-electron chi connectivity index (χ3n) is 4.11. The lowest BCUT2D eigenvalue weighted by Crippen LogP contribution is -2.19. The second-order valence-corrected chi connectivity index (χ2v) is 6.45. The third kappa shape index (κ3) is 3.77. The molecular weight excluding hydrogens is 386 g/mol. The summed E-state index contributed by atoms with van der Waals surface area (Å²) in [5.74, 6) is -0.791. The maximum absolute atomic E-state index is 12.6. The SMILES string of the molecule is CCOC(=O)c1cnn(C)c1NC(=O)c1ccn(Cn2nc(C)c(Cl)c2C)n1. The molecule has 1 amide bonds. The molecule has 0 unspecified atom stereocenters. The highest BCUT2D eigenvalue weighted by Crippen LogP contribution is 2.19. The first kappa shape index (κ1) is 19.6. The zero-order chi connectivity index (χ0) is 20.4. The van der Waals surface area contributed by atoms with Crippen LogP contribution in [-0.4, -0.2) is 47.8 Å². The fourth-order valence-electron chi connectivity index (χ4n) is 2.63. The minimum absolute atomic E-state index is 0.175. The number of aryl methyl sites for hydroxylation is 2. The van der Waals surface area contributed by atoms with E-state index in [9.17, 15) is 9.59 Å². The molecule has 0 fully saturated rings. The van der Waals surface area contributed by atoms with Crippen LogP contribution in [0.4, 0.5) is 5.82 Å². The van der Waals surface area contributed by atoms with Crippen molar-refractivity contribution in [3.05, 3.63) is 46.1 Å². The number of hydrogen-bond donors (Lipinski definition) is 1. The van der Waals surface area contributed by atoms with Gasteiger partial charge in [0.2, 0.25) is 0 Å². The van der Waals surface area contributed by atoms with E-state index in [4.69, 9.17) is 16.3 Å². The molecule has 0 radical (unpaired) electrons. The van der Waals surface area contributed by atoms with Gasteiger partial charge in [0.15, 0.2) is 5.69 Å². The molecule has 3 heterocycles. The molecule has 0 aliphatic heterocycles. The van der Waals surface area contributed by atoms with Crippen LogP contribution in [0.2, 0.25) is 5.02 Å². The Hall–Kier alpha value is -3.14. The number of halogens is 1. The number of aromatic nitrogens is 6. The molecule has 0 aliphatic carbocycles. The maximum Gasteiger partial charge on any atom is 0.343 e. The molecule has 0 aliphatic rings. The normalized spacial score (nSPS) is 10.9.